The topological polar surface area (TPSA) is 70.9 Å². The Balaban J connectivity index is 2.20. The first-order chi connectivity index (χ1) is 8.56. The van der Waals surface area contributed by atoms with E-state index in [1.807, 2.05) is 25.1 Å². The van der Waals surface area contributed by atoms with Gasteiger partial charge >= 0.3 is 4.87 Å². The van der Waals surface area contributed by atoms with E-state index >= 15 is 0 Å². The van der Waals surface area contributed by atoms with E-state index in [1.54, 1.807) is 5.38 Å². The standard InChI is InChI=1S/C12H13N3OS2/c1-7-2-3-9(11(13)17)10(4-7)14-5-8-6-18-12(16)15-8/h2-4,6,14H,5H2,1H3,(H2,13,17)(H,15,16). The number of thiazole rings is 1. The second kappa shape index (κ2) is 5.32. The van der Waals surface area contributed by atoms with E-state index in [0.717, 1.165) is 33.8 Å². The Hall–Kier alpha value is -1.66. The van der Waals surface area contributed by atoms with Crippen LogP contribution in [0.3, 0.4) is 0 Å². The van der Waals surface area contributed by atoms with Gasteiger partial charge in [0.2, 0.25) is 0 Å². The third-order valence-corrected chi connectivity index (χ3v) is 3.42. The lowest BCUT2D eigenvalue weighted by Crippen LogP contribution is -2.13. The molecule has 94 valence electrons. The molecule has 0 amide bonds. The Morgan fingerprint density at radius 3 is 2.94 bits per heavy atom. The third-order valence-electron chi connectivity index (χ3n) is 2.48. The van der Waals surface area contributed by atoms with Crippen LogP contribution in [0.2, 0.25) is 0 Å². The minimum absolute atomic E-state index is 0.0504. The molecule has 4 N–H and O–H groups in total. The van der Waals surface area contributed by atoms with Gasteiger partial charge in [-0.2, -0.15) is 0 Å². The van der Waals surface area contributed by atoms with Gasteiger partial charge in [0.05, 0.1) is 6.54 Å². The maximum Gasteiger partial charge on any atom is 0.304 e. The molecule has 2 aromatic rings. The Morgan fingerprint density at radius 2 is 2.33 bits per heavy atom. The number of aromatic nitrogens is 1. The van der Waals surface area contributed by atoms with Gasteiger partial charge in [-0.1, -0.05) is 29.6 Å². The van der Waals surface area contributed by atoms with E-state index in [1.165, 1.54) is 0 Å². The molecule has 0 radical (unpaired) electrons. The fourth-order valence-electron chi connectivity index (χ4n) is 1.61. The predicted octanol–water partition coefficient (Wildman–Crippen LogP) is 1.99. The van der Waals surface area contributed by atoms with Crippen molar-refractivity contribution >= 4 is 34.2 Å². The lowest BCUT2D eigenvalue weighted by atomic mass is 10.1. The molecule has 0 fully saturated rings. The largest absolute Gasteiger partial charge is 0.389 e. The molecular weight excluding hydrogens is 266 g/mol. The summed E-state index contributed by atoms with van der Waals surface area (Å²) < 4.78 is 0. The first-order valence-corrected chi connectivity index (χ1v) is 6.66. The zero-order chi connectivity index (χ0) is 13.1. The maximum absolute atomic E-state index is 11.0. The number of hydrogen-bond acceptors (Lipinski definition) is 4. The zero-order valence-electron chi connectivity index (χ0n) is 9.82. The molecule has 0 aliphatic carbocycles. The smallest absolute Gasteiger partial charge is 0.304 e. The van der Waals surface area contributed by atoms with Crippen LogP contribution in [-0.2, 0) is 6.54 Å². The second-order valence-corrected chi connectivity index (χ2v) is 5.22. The molecule has 1 aromatic heterocycles. The molecule has 6 heteroatoms. The molecule has 0 aliphatic heterocycles. The zero-order valence-corrected chi connectivity index (χ0v) is 11.5. The molecule has 0 bridgehead atoms. The van der Waals surface area contributed by atoms with Gasteiger partial charge in [0, 0.05) is 22.3 Å². The van der Waals surface area contributed by atoms with Crippen molar-refractivity contribution < 1.29 is 0 Å². The van der Waals surface area contributed by atoms with E-state index in [-0.39, 0.29) is 4.87 Å². The van der Waals surface area contributed by atoms with Crippen LogP contribution in [0.1, 0.15) is 16.8 Å². The van der Waals surface area contributed by atoms with Crippen molar-refractivity contribution in [3.63, 3.8) is 0 Å². The molecule has 1 aromatic carbocycles. The number of nitrogens with one attached hydrogen (secondary N) is 2. The van der Waals surface area contributed by atoms with Crippen molar-refractivity contribution in [3.05, 3.63) is 50.1 Å². The predicted molar refractivity (Wildman–Crippen MR) is 79.3 cm³/mol. The highest BCUT2D eigenvalue weighted by Crippen LogP contribution is 2.18. The molecule has 0 atom stereocenters. The molecule has 0 unspecified atom stereocenters. The van der Waals surface area contributed by atoms with Gasteiger partial charge in [0.25, 0.3) is 0 Å². The van der Waals surface area contributed by atoms with Crippen molar-refractivity contribution in [1.82, 2.24) is 4.98 Å². The van der Waals surface area contributed by atoms with Crippen molar-refractivity contribution in [2.75, 3.05) is 5.32 Å². The number of thiocarbonyl (C=S) groups is 1. The van der Waals surface area contributed by atoms with E-state index < -0.39 is 0 Å². The van der Waals surface area contributed by atoms with Gasteiger partial charge in [-0.25, -0.2) is 0 Å². The number of anilines is 1. The number of aromatic amines is 1. The molecule has 4 nitrogen and oxygen atoms in total. The molecule has 0 aliphatic rings. The lowest BCUT2D eigenvalue weighted by molar-refractivity contribution is 1.06. The Kier molecular flexibility index (Phi) is 3.78. The molecule has 0 spiro atoms. The molecule has 1 heterocycles. The van der Waals surface area contributed by atoms with Gasteiger partial charge in [-0.05, 0) is 24.6 Å². The average molecular weight is 279 g/mol. The summed E-state index contributed by atoms with van der Waals surface area (Å²) in [7, 11) is 0. The van der Waals surface area contributed by atoms with Crippen molar-refractivity contribution in [2.45, 2.75) is 13.5 Å². The number of aryl methyl sites for hydroxylation is 1. The summed E-state index contributed by atoms with van der Waals surface area (Å²) in [6, 6.07) is 5.85. The van der Waals surface area contributed by atoms with Crippen LogP contribution >= 0.6 is 23.6 Å². The van der Waals surface area contributed by atoms with Gasteiger partial charge in [0.15, 0.2) is 0 Å². The molecule has 0 saturated heterocycles. The number of hydrogen-bond donors (Lipinski definition) is 3. The summed E-state index contributed by atoms with van der Waals surface area (Å²) in [6.07, 6.45) is 0. The fourth-order valence-corrected chi connectivity index (χ4v) is 2.37. The van der Waals surface area contributed by atoms with E-state index in [4.69, 9.17) is 18.0 Å². The van der Waals surface area contributed by atoms with Gasteiger partial charge in [0.1, 0.15) is 4.99 Å². The number of rotatable bonds is 4. The van der Waals surface area contributed by atoms with Crippen LogP contribution in [0, 0.1) is 6.92 Å². The highest BCUT2D eigenvalue weighted by molar-refractivity contribution is 7.80. The summed E-state index contributed by atoms with van der Waals surface area (Å²) in [5.74, 6) is 0. The van der Waals surface area contributed by atoms with Crippen molar-refractivity contribution in [1.29, 1.82) is 0 Å². The van der Waals surface area contributed by atoms with Crippen LogP contribution in [-0.4, -0.2) is 9.97 Å². The summed E-state index contributed by atoms with van der Waals surface area (Å²) in [6.45, 7) is 2.54. The summed E-state index contributed by atoms with van der Waals surface area (Å²) in [5.41, 5.74) is 9.34. The second-order valence-electron chi connectivity index (χ2n) is 3.94. The van der Waals surface area contributed by atoms with Gasteiger partial charge in [-0.15, -0.1) is 0 Å². The average Bonchev–Trinajstić information content (AvgIpc) is 2.72. The minimum Gasteiger partial charge on any atom is -0.389 e. The Bertz CT molecular complexity index is 630. The number of benzene rings is 1. The summed E-state index contributed by atoms with van der Waals surface area (Å²) >= 11 is 6.16. The van der Waals surface area contributed by atoms with E-state index in [9.17, 15) is 4.79 Å². The number of H-pyrrole nitrogens is 1. The molecular formula is C12H13N3OS2. The van der Waals surface area contributed by atoms with Crippen LogP contribution in [0.15, 0.2) is 28.4 Å². The first kappa shape index (κ1) is 12.8. The maximum atomic E-state index is 11.0. The van der Waals surface area contributed by atoms with E-state index in [2.05, 4.69) is 10.3 Å². The Labute approximate surface area is 114 Å². The molecule has 0 saturated carbocycles. The lowest BCUT2D eigenvalue weighted by Gasteiger charge is -2.11. The van der Waals surface area contributed by atoms with Crippen LogP contribution < -0.4 is 15.9 Å². The van der Waals surface area contributed by atoms with Gasteiger partial charge < -0.3 is 16.0 Å². The summed E-state index contributed by atoms with van der Waals surface area (Å²) in [5, 5.41) is 5.03. The van der Waals surface area contributed by atoms with E-state index in [0.29, 0.717) is 11.5 Å². The van der Waals surface area contributed by atoms with Crippen LogP contribution in [0.4, 0.5) is 5.69 Å². The first-order valence-electron chi connectivity index (χ1n) is 5.37. The van der Waals surface area contributed by atoms with Crippen LogP contribution in [0.5, 0.6) is 0 Å². The minimum atomic E-state index is -0.0504. The molecule has 18 heavy (non-hydrogen) atoms. The Morgan fingerprint density at radius 1 is 1.56 bits per heavy atom. The highest BCUT2D eigenvalue weighted by Gasteiger charge is 2.05. The normalized spacial score (nSPS) is 10.3. The SMILES string of the molecule is Cc1ccc(C(N)=S)c(NCc2csc(=O)[nH]2)c1. The third kappa shape index (κ3) is 2.96. The monoisotopic (exact) mass is 279 g/mol. The van der Waals surface area contributed by atoms with Gasteiger partial charge in [-0.3, -0.25) is 4.79 Å². The molecule has 2 rings (SSSR count). The van der Waals surface area contributed by atoms with Crippen LogP contribution in [0.25, 0.3) is 0 Å². The fraction of sp³-hybridized carbons (Fsp3) is 0.167. The quantitative estimate of drug-likeness (QED) is 0.749. The number of nitrogens with two attached hydrogens (primary N) is 1. The highest BCUT2D eigenvalue weighted by atomic mass is 32.1. The van der Waals surface area contributed by atoms with Crippen molar-refractivity contribution in [2.24, 2.45) is 5.73 Å². The van der Waals surface area contributed by atoms with Crippen molar-refractivity contribution in [3.8, 4) is 0 Å². The summed E-state index contributed by atoms with van der Waals surface area (Å²) in [4.78, 5) is 14.1.